The zero-order chi connectivity index (χ0) is 17.4. The third-order valence-electron chi connectivity index (χ3n) is 3.24. The van der Waals surface area contributed by atoms with Crippen LogP contribution in [0.15, 0.2) is 59.4 Å². The fourth-order valence-corrected chi connectivity index (χ4v) is 1.88. The SMILES string of the molecule is N/C(=N/O)c1cc[n+](CC#CC[n+]2ccc(/C(N)=N\O)cc2)cc1. The first kappa shape index (κ1) is 16.8. The van der Waals surface area contributed by atoms with E-state index < -0.39 is 0 Å². The van der Waals surface area contributed by atoms with Crippen LogP contribution >= 0.6 is 0 Å². The van der Waals surface area contributed by atoms with Gasteiger partial charge in [0.05, 0.1) is 0 Å². The summed E-state index contributed by atoms with van der Waals surface area (Å²) in [7, 11) is 0. The first-order valence-electron chi connectivity index (χ1n) is 7.03. The van der Waals surface area contributed by atoms with Crippen LogP contribution in [0.5, 0.6) is 0 Å². The molecule has 0 fully saturated rings. The van der Waals surface area contributed by atoms with E-state index in [-0.39, 0.29) is 11.7 Å². The lowest BCUT2D eigenvalue weighted by atomic mass is 10.2. The third kappa shape index (κ3) is 4.45. The molecule has 0 atom stereocenters. The Morgan fingerprint density at radius 3 is 1.42 bits per heavy atom. The van der Waals surface area contributed by atoms with E-state index in [2.05, 4.69) is 22.2 Å². The molecule has 2 rings (SSSR count). The summed E-state index contributed by atoms with van der Waals surface area (Å²) in [5.41, 5.74) is 12.3. The zero-order valence-electron chi connectivity index (χ0n) is 12.9. The molecule has 8 nitrogen and oxygen atoms in total. The molecule has 0 amide bonds. The Labute approximate surface area is 139 Å². The molecule has 0 aliphatic carbocycles. The number of hydrogen-bond donors (Lipinski definition) is 4. The van der Waals surface area contributed by atoms with Crippen LogP contribution < -0.4 is 20.6 Å². The van der Waals surface area contributed by atoms with Gasteiger partial charge in [0.15, 0.2) is 36.5 Å². The molecule has 0 saturated carbocycles. The van der Waals surface area contributed by atoms with E-state index in [1.807, 2.05) is 9.13 Å². The van der Waals surface area contributed by atoms with Gasteiger partial charge in [-0.25, -0.2) is 0 Å². The van der Waals surface area contributed by atoms with Crippen LogP contribution in [0.1, 0.15) is 11.1 Å². The van der Waals surface area contributed by atoms with Gasteiger partial charge >= 0.3 is 0 Å². The number of hydrogen-bond acceptors (Lipinski definition) is 4. The van der Waals surface area contributed by atoms with Crippen LogP contribution in [0.25, 0.3) is 0 Å². The van der Waals surface area contributed by atoms with Crippen LogP contribution in [0.2, 0.25) is 0 Å². The standard InChI is InChI=1S/C16H16N6O2/c17-15(19-23)13-3-9-21(10-4-13)7-1-2-8-22-11-5-14(6-12-22)16(18)20-24/h3-6,9-12H,7-8,17-18H2/p+2. The number of nitrogens with two attached hydrogens (primary N) is 2. The molecule has 0 aromatic carbocycles. The third-order valence-corrected chi connectivity index (χ3v) is 3.24. The maximum atomic E-state index is 8.61. The van der Waals surface area contributed by atoms with Gasteiger partial charge in [-0.1, -0.05) is 10.3 Å². The van der Waals surface area contributed by atoms with Crippen molar-refractivity contribution in [3.63, 3.8) is 0 Å². The molecule has 0 unspecified atom stereocenters. The fourth-order valence-electron chi connectivity index (χ4n) is 1.88. The Hall–Kier alpha value is -3.60. The van der Waals surface area contributed by atoms with E-state index in [4.69, 9.17) is 21.9 Å². The number of nitrogens with zero attached hydrogens (tertiary/aromatic N) is 4. The molecule has 2 aromatic heterocycles. The molecule has 0 aliphatic rings. The summed E-state index contributed by atoms with van der Waals surface area (Å²) < 4.78 is 3.76. The smallest absolute Gasteiger partial charge is 0.209 e. The summed E-state index contributed by atoms with van der Waals surface area (Å²) in [5, 5.41) is 23.1. The second kappa shape index (κ2) is 8.14. The van der Waals surface area contributed by atoms with Gasteiger partial charge in [-0.15, -0.1) is 0 Å². The first-order chi connectivity index (χ1) is 11.6. The number of oxime groups is 2. The van der Waals surface area contributed by atoms with Crippen molar-refractivity contribution in [3.8, 4) is 11.8 Å². The molecule has 0 bridgehead atoms. The summed E-state index contributed by atoms with van der Waals surface area (Å²) >= 11 is 0. The minimum atomic E-state index is 0.0694. The van der Waals surface area contributed by atoms with Crippen molar-refractivity contribution in [2.75, 3.05) is 0 Å². The summed E-state index contributed by atoms with van der Waals surface area (Å²) in [5.74, 6) is 6.25. The molecule has 0 radical (unpaired) electrons. The van der Waals surface area contributed by atoms with E-state index in [1.165, 1.54) is 0 Å². The van der Waals surface area contributed by atoms with Gasteiger partial charge in [-0.2, -0.15) is 9.13 Å². The highest BCUT2D eigenvalue weighted by atomic mass is 16.4. The quantitative estimate of drug-likeness (QED) is 0.146. The summed E-state index contributed by atoms with van der Waals surface area (Å²) in [6.45, 7) is 1.05. The average molecular weight is 326 g/mol. The van der Waals surface area contributed by atoms with Crippen LogP contribution in [-0.2, 0) is 13.1 Å². The molecule has 24 heavy (non-hydrogen) atoms. The van der Waals surface area contributed by atoms with Crippen molar-refractivity contribution in [1.82, 2.24) is 0 Å². The van der Waals surface area contributed by atoms with Gasteiger partial charge in [0.25, 0.3) is 0 Å². The second-order valence-corrected chi connectivity index (χ2v) is 4.84. The lowest BCUT2D eigenvalue weighted by Gasteiger charge is -1.96. The average Bonchev–Trinajstić information content (AvgIpc) is 2.65. The van der Waals surface area contributed by atoms with E-state index in [0.717, 1.165) is 0 Å². The topological polar surface area (TPSA) is 125 Å². The fraction of sp³-hybridized carbons (Fsp3) is 0.125. The lowest BCUT2D eigenvalue weighted by molar-refractivity contribution is -0.687. The molecule has 0 spiro atoms. The Morgan fingerprint density at radius 2 is 1.12 bits per heavy atom. The van der Waals surface area contributed by atoms with Crippen LogP contribution in [0.4, 0.5) is 0 Å². The minimum absolute atomic E-state index is 0.0694. The van der Waals surface area contributed by atoms with E-state index >= 15 is 0 Å². The van der Waals surface area contributed by atoms with Gasteiger partial charge in [-0.3, -0.25) is 0 Å². The lowest BCUT2D eigenvalue weighted by Crippen LogP contribution is -2.34. The predicted octanol–water partition coefficient (Wildman–Crippen LogP) is -0.846. The van der Waals surface area contributed by atoms with E-state index in [1.54, 1.807) is 49.1 Å². The predicted molar refractivity (Wildman–Crippen MR) is 86.1 cm³/mol. The largest absolute Gasteiger partial charge is 0.409 e. The molecule has 2 aromatic rings. The van der Waals surface area contributed by atoms with Crippen molar-refractivity contribution in [3.05, 3.63) is 60.2 Å². The van der Waals surface area contributed by atoms with Crippen molar-refractivity contribution in [2.24, 2.45) is 21.8 Å². The maximum absolute atomic E-state index is 8.61. The van der Waals surface area contributed by atoms with Gasteiger partial charge in [0, 0.05) is 35.4 Å². The van der Waals surface area contributed by atoms with Gasteiger partial charge < -0.3 is 21.9 Å². The summed E-state index contributed by atoms with van der Waals surface area (Å²) in [4.78, 5) is 0. The number of amidine groups is 2. The van der Waals surface area contributed by atoms with Crippen molar-refractivity contribution >= 4 is 11.7 Å². The van der Waals surface area contributed by atoms with E-state index in [9.17, 15) is 0 Å². The highest BCUT2D eigenvalue weighted by Gasteiger charge is 2.04. The van der Waals surface area contributed by atoms with Crippen LogP contribution in [0, 0.1) is 11.8 Å². The zero-order valence-corrected chi connectivity index (χ0v) is 12.9. The van der Waals surface area contributed by atoms with E-state index in [0.29, 0.717) is 24.2 Å². The highest BCUT2D eigenvalue weighted by molar-refractivity contribution is 5.97. The normalized spacial score (nSPS) is 11.7. The molecular formula is C16H18N6O2+2. The van der Waals surface area contributed by atoms with Gasteiger partial charge in [0.1, 0.15) is 0 Å². The van der Waals surface area contributed by atoms with Gasteiger partial charge in [-0.05, 0) is 11.8 Å². The monoisotopic (exact) mass is 326 g/mol. The Kier molecular flexibility index (Phi) is 5.69. The summed E-state index contributed by atoms with van der Waals surface area (Å²) in [6, 6.07) is 6.99. The van der Waals surface area contributed by atoms with Crippen LogP contribution in [-0.4, -0.2) is 22.1 Å². The molecule has 6 N–H and O–H groups in total. The molecule has 122 valence electrons. The second-order valence-electron chi connectivity index (χ2n) is 4.84. The number of rotatable bonds is 4. The first-order valence-corrected chi connectivity index (χ1v) is 7.03. The molecule has 8 heteroatoms. The van der Waals surface area contributed by atoms with Crippen LogP contribution in [0.3, 0.4) is 0 Å². The van der Waals surface area contributed by atoms with Crippen molar-refractivity contribution in [2.45, 2.75) is 13.1 Å². The number of pyridine rings is 2. The van der Waals surface area contributed by atoms with Crippen molar-refractivity contribution < 1.29 is 19.5 Å². The highest BCUT2D eigenvalue weighted by Crippen LogP contribution is 1.94. The molecule has 0 saturated heterocycles. The Bertz CT molecular complexity index is 734. The Morgan fingerprint density at radius 1 is 0.792 bits per heavy atom. The summed E-state index contributed by atoms with van der Waals surface area (Å²) in [6.07, 6.45) is 7.23. The van der Waals surface area contributed by atoms with Gasteiger partial charge in [0.2, 0.25) is 13.1 Å². The number of aromatic nitrogens is 2. The minimum Gasteiger partial charge on any atom is -0.409 e. The van der Waals surface area contributed by atoms with Crippen molar-refractivity contribution in [1.29, 1.82) is 0 Å². The molecular weight excluding hydrogens is 308 g/mol. The Balaban J connectivity index is 1.92. The molecule has 2 heterocycles. The molecule has 0 aliphatic heterocycles. The maximum Gasteiger partial charge on any atom is 0.209 e.